The van der Waals surface area contributed by atoms with Crippen LogP contribution in [0.25, 0.3) is 33.4 Å². The van der Waals surface area contributed by atoms with E-state index in [1.807, 2.05) is 49.5 Å². The minimum absolute atomic E-state index is 0.199. The third kappa shape index (κ3) is 11.6. The molecule has 0 heterocycles. The number of halogens is 2. The number of hydrogen-bond donors (Lipinski definition) is 0. The largest absolute Gasteiger partial charge is 0.219 e. The molecule has 0 aromatic heterocycles. The summed E-state index contributed by atoms with van der Waals surface area (Å²) in [4.78, 5) is 6.06. The number of sulfone groups is 2. The van der Waals surface area contributed by atoms with Gasteiger partial charge in [0.05, 0.1) is 19.6 Å². The van der Waals surface area contributed by atoms with Gasteiger partial charge in [0.1, 0.15) is 0 Å². The lowest BCUT2D eigenvalue weighted by Crippen LogP contribution is -2.03. The first-order valence-corrected chi connectivity index (χ1v) is 32.0. The number of benzene rings is 10. The first kappa shape index (κ1) is 53.3. The molecule has 0 saturated carbocycles. The summed E-state index contributed by atoms with van der Waals surface area (Å²) in [5.74, 6) is 0. The molecule has 0 spiro atoms. The standard InChI is InChI=1S/C27H22O4S2.C27H22S2.C13H8I2/c1-18-3-9-22(10-4-18)32(28,29)24-13-7-20-15-21-8-14-25(17-27(21)26(20)16-24)33(30,31)23-11-5-19(2)6-12-23;1-18-3-9-22(10-4-18)28-24-13-7-20-15-21-8-14-25(17-27(21)26(20)16-24)29-23-11-5-19(2)6-12-23;14-10-3-1-8-5-9-2-4-11(15)7-13(9)12(8)6-10/h3-14,16-17H,15H2,1-2H3;3-14,16-17H,15H2,1-2H3;1-4,6-7H,5H2. The summed E-state index contributed by atoms with van der Waals surface area (Å²) >= 11 is 8.44. The molecule has 0 amide bonds. The Balaban J connectivity index is 0.000000131. The number of rotatable bonds is 8. The van der Waals surface area contributed by atoms with E-state index in [9.17, 15) is 16.8 Å². The highest BCUT2D eigenvalue weighted by Crippen LogP contribution is 2.44. The van der Waals surface area contributed by atoms with E-state index in [4.69, 9.17) is 0 Å². The van der Waals surface area contributed by atoms with Crippen LogP contribution in [0, 0.1) is 34.8 Å². The van der Waals surface area contributed by atoms with E-state index in [1.165, 1.54) is 82.4 Å². The van der Waals surface area contributed by atoms with Crippen LogP contribution in [0.2, 0.25) is 0 Å². The van der Waals surface area contributed by atoms with Crippen molar-refractivity contribution in [2.45, 2.75) is 86.1 Å². The first-order chi connectivity index (χ1) is 37.0. The van der Waals surface area contributed by atoms with Gasteiger partial charge in [-0.05, 0) is 280 Å². The molecule has 4 nitrogen and oxygen atoms in total. The lowest BCUT2D eigenvalue weighted by Gasteiger charge is -2.10. The van der Waals surface area contributed by atoms with Gasteiger partial charge in [0.25, 0.3) is 0 Å². The van der Waals surface area contributed by atoms with E-state index in [-0.39, 0.29) is 19.6 Å². The van der Waals surface area contributed by atoms with Crippen LogP contribution in [0.15, 0.2) is 245 Å². The third-order valence-corrected chi connectivity index (χ3v) is 21.2. The van der Waals surface area contributed by atoms with E-state index < -0.39 is 19.7 Å². The molecule has 0 saturated heterocycles. The van der Waals surface area contributed by atoms with Crippen LogP contribution in [0.4, 0.5) is 0 Å². The second-order valence-electron chi connectivity index (χ2n) is 19.9. The summed E-state index contributed by atoms with van der Waals surface area (Å²) in [6.07, 6.45) is 2.77. The Bertz CT molecular complexity index is 3870. The lowest BCUT2D eigenvalue weighted by molar-refractivity contribution is 0.594. The van der Waals surface area contributed by atoms with Gasteiger partial charge in [-0.1, -0.05) is 131 Å². The average molecular weight is 1300 g/mol. The maximum absolute atomic E-state index is 13.2. The quantitative estimate of drug-likeness (QED) is 0.141. The van der Waals surface area contributed by atoms with Crippen molar-refractivity contribution in [2.24, 2.45) is 0 Å². The van der Waals surface area contributed by atoms with Gasteiger partial charge in [-0.3, -0.25) is 0 Å². The van der Waals surface area contributed by atoms with Crippen LogP contribution in [-0.4, -0.2) is 16.8 Å². The Morgan fingerprint density at radius 1 is 0.286 bits per heavy atom. The Labute approximate surface area is 489 Å². The van der Waals surface area contributed by atoms with Crippen molar-refractivity contribution in [3.63, 3.8) is 0 Å². The van der Waals surface area contributed by atoms with E-state index in [0.29, 0.717) is 6.42 Å². The van der Waals surface area contributed by atoms with Gasteiger partial charge in [-0.2, -0.15) is 0 Å². The molecule has 0 unspecified atom stereocenters. The topological polar surface area (TPSA) is 68.3 Å². The molecule has 13 rings (SSSR count). The lowest BCUT2D eigenvalue weighted by atomic mass is 10.1. The SMILES string of the molecule is Cc1ccc(S(=O)(=O)c2ccc3c(c2)-c2cc(S(=O)(=O)c4ccc(C)cc4)ccc2C3)cc1.Cc1ccc(Sc2ccc3c(c2)-c2cc(Sc4ccc(C)cc4)ccc2C3)cc1.Ic1ccc2c(c1)-c1cc(I)ccc1C2. The highest BCUT2D eigenvalue weighted by Gasteiger charge is 2.27. The van der Waals surface area contributed by atoms with Gasteiger partial charge in [0.2, 0.25) is 19.7 Å². The third-order valence-electron chi connectivity index (χ3n) is 14.3. The molecule has 3 aliphatic rings. The molecule has 0 atom stereocenters. The molecule has 0 fully saturated rings. The zero-order chi connectivity index (χ0) is 53.6. The molecule has 10 aromatic rings. The zero-order valence-corrected chi connectivity index (χ0v) is 50.4. The molecule has 0 radical (unpaired) electrons. The molecule has 0 aliphatic heterocycles. The van der Waals surface area contributed by atoms with Crippen LogP contribution in [0.1, 0.15) is 55.6 Å². The van der Waals surface area contributed by atoms with Gasteiger partial charge < -0.3 is 0 Å². The Hall–Kier alpha value is -5.74. The molecular weight excluding hydrogens is 1250 g/mol. The van der Waals surface area contributed by atoms with Gasteiger partial charge in [0, 0.05) is 26.7 Å². The monoisotopic (exact) mass is 1300 g/mol. The predicted molar refractivity (Wildman–Crippen MR) is 333 cm³/mol. The molecule has 0 N–H and O–H groups in total. The summed E-state index contributed by atoms with van der Waals surface area (Å²) in [7, 11) is -7.37. The average Bonchev–Trinajstić information content (AvgIpc) is 4.13. The molecule has 0 bridgehead atoms. The van der Waals surface area contributed by atoms with Gasteiger partial charge in [0.15, 0.2) is 0 Å². The highest BCUT2D eigenvalue weighted by molar-refractivity contribution is 14.1. The second-order valence-corrected chi connectivity index (χ2v) is 28.6. The fourth-order valence-corrected chi connectivity index (χ4v) is 15.3. The van der Waals surface area contributed by atoms with Crippen molar-refractivity contribution in [3.8, 4) is 33.4 Å². The van der Waals surface area contributed by atoms with Crippen LogP contribution in [0.3, 0.4) is 0 Å². The van der Waals surface area contributed by atoms with Gasteiger partial charge >= 0.3 is 0 Å². The van der Waals surface area contributed by atoms with E-state index in [0.717, 1.165) is 46.2 Å². The number of hydrogen-bond acceptors (Lipinski definition) is 6. The minimum Gasteiger partial charge on any atom is -0.219 e. The zero-order valence-electron chi connectivity index (χ0n) is 42.8. The second kappa shape index (κ2) is 22.2. The molecule has 382 valence electrons. The molecule has 10 heteroatoms. The van der Waals surface area contributed by atoms with Crippen molar-refractivity contribution in [2.75, 3.05) is 0 Å². The van der Waals surface area contributed by atoms with E-state index in [1.54, 1.807) is 72.8 Å². The van der Waals surface area contributed by atoms with E-state index in [2.05, 4.69) is 180 Å². The summed E-state index contributed by atoms with van der Waals surface area (Å²) in [6, 6.07) is 68.7. The Morgan fingerprint density at radius 2 is 0.532 bits per heavy atom. The Kier molecular flexibility index (Phi) is 15.3. The summed E-state index contributed by atoms with van der Waals surface area (Å²) < 4.78 is 55.4. The normalized spacial score (nSPS) is 12.4. The molecule has 77 heavy (non-hydrogen) atoms. The van der Waals surface area contributed by atoms with E-state index >= 15 is 0 Å². The number of aryl methyl sites for hydroxylation is 4. The van der Waals surface area contributed by atoms with Crippen molar-refractivity contribution >= 4 is 88.4 Å². The van der Waals surface area contributed by atoms with Crippen LogP contribution in [-0.2, 0) is 38.9 Å². The van der Waals surface area contributed by atoms with Crippen LogP contribution < -0.4 is 0 Å². The van der Waals surface area contributed by atoms with Crippen molar-refractivity contribution in [1.29, 1.82) is 0 Å². The van der Waals surface area contributed by atoms with Crippen molar-refractivity contribution < 1.29 is 16.8 Å². The molecule has 10 aromatic carbocycles. The minimum atomic E-state index is -3.68. The smallest absolute Gasteiger partial charge is 0.206 e. The summed E-state index contributed by atoms with van der Waals surface area (Å²) in [5.41, 5.74) is 19.5. The van der Waals surface area contributed by atoms with Gasteiger partial charge in [-0.15, -0.1) is 0 Å². The number of fused-ring (bicyclic) bond motifs is 9. The molecular formula is C67H52I2O4S4. The highest BCUT2D eigenvalue weighted by atomic mass is 127. The summed E-state index contributed by atoms with van der Waals surface area (Å²) in [5, 5.41) is 0. The fraction of sp³-hybridized carbons (Fsp3) is 0.104. The predicted octanol–water partition coefficient (Wildman–Crippen LogP) is 18.2. The first-order valence-electron chi connectivity index (χ1n) is 25.3. The Morgan fingerprint density at radius 3 is 0.870 bits per heavy atom. The maximum Gasteiger partial charge on any atom is 0.206 e. The summed E-state index contributed by atoms with van der Waals surface area (Å²) in [6.45, 7) is 8.08. The maximum atomic E-state index is 13.2. The van der Waals surface area contributed by atoms with Crippen LogP contribution >= 0.6 is 68.7 Å². The molecule has 3 aliphatic carbocycles. The van der Waals surface area contributed by atoms with Crippen molar-refractivity contribution in [3.05, 3.63) is 269 Å². The van der Waals surface area contributed by atoms with Crippen LogP contribution in [0.5, 0.6) is 0 Å². The fourth-order valence-electron chi connectivity index (χ4n) is 10.0. The van der Waals surface area contributed by atoms with Gasteiger partial charge in [-0.25, -0.2) is 16.8 Å². The van der Waals surface area contributed by atoms with Crippen molar-refractivity contribution in [1.82, 2.24) is 0 Å².